The number of aliphatic hydroxyl groups is 1. The zero-order valence-electron chi connectivity index (χ0n) is 26.8. The molecule has 2 fully saturated rings. The third-order valence-corrected chi connectivity index (χ3v) is 9.36. The monoisotopic (exact) mass is 619 g/mol. The molecule has 11 heteroatoms. The number of hydrogen-bond donors (Lipinski definition) is 4. The second-order valence-electron chi connectivity index (χ2n) is 13.5. The van der Waals surface area contributed by atoms with E-state index in [4.69, 9.17) is 9.72 Å². The highest BCUT2D eigenvalue weighted by atomic mass is 16.5. The first-order valence-corrected chi connectivity index (χ1v) is 16.0. The van der Waals surface area contributed by atoms with Gasteiger partial charge in [-0.05, 0) is 82.9 Å². The summed E-state index contributed by atoms with van der Waals surface area (Å²) >= 11 is 0. The Balaban J connectivity index is 1.54. The lowest BCUT2D eigenvalue weighted by Gasteiger charge is -2.40. The van der Waals surface area contributed by atoms with Crippen molar-refractivity contribution in [2.24, 2.45) is 11.3 Å². The van der Waals surface area contributed by atoms with E-state index in [2.05, 4.69) is 16.1 Å². The van der Waals surface area contributed by atoms with Gasteiger partial charge in [0.25, 0.3) is 11.8 Å². The van der Waals surface area contributed by atoms with Crippen LogP contribution in [0.15, 0.2) is 36.4 Å². The molecule has 1 spiro atoms. The quantitative estimate of drug-likeness (QED) is 0.355. The van der Waals surface area contributed by atoms with Crippen molar-refractivity contribution in [3.05, 3.63) is 47.7 Å². The van der Waals surface area contributed by atoms with Crippen molar-refractivity contribution in [2.75, 3.05) is 6.54 Å². The van der Waals surface area contributed by atoms with E-state index >= 15 is 0 Å². The molecule has 11 nitrogen and oxygen atoms in total. The van der Waals surface area contributed by atoms with E-state index < -0.39 is 47.0 Å². The third kappa shape index (κ3) is 7.20. The molecule has 1 saturated carbocycles. The van der Waals surface area contributed by atoms with Crippen LogP contribution in [-0.2, 0) is 23.9 Å². The van der Waals surface area contributed by atoms with Gasteiger partial charge in [0, 0.05) is 11.9 Å². The van der Waals surface area contributed by atoms with Crippen molar-refractivity contribution in [1.29, 1.82) is 0 Å². The van der Waals surface area contributed by atoms with Gasteiger partial charge in [-0.25, -0.2) is 5.43 Å². The van der Waals surface area contributed by atoms with Gasteiger partial charge in [-0.15, -0.1) is 0 Å². The Hall–Kier alpha value is -3.83. The molecule has 1 aromatic heterocycles. The minimum Gasteiger partial charge on any atom is -0.451 e. The molecule has 1 aromatic carbocycles. The van der Waals surface area contributed by atoms with Crippen LogP contribution in [0.5, 0.6) is 0 Å². The first-order chi connectivity index (χ1) is 21.3. The molecular weight excluding hydrogens is 574 g/mol. The Morgan fingerprint density at radius 1 is 0.978 bits per heavy atom. The fraction of sp³-hybridized carbons (Fsp3) is 0.559. The van der Waals surface area contributed by atoms with Crippen molar-refractivity contribution in [3.63, 3.8) is 0 Å². The van der Waals surface area contributed by atoms with Crippen LogP contribution in [0, 0.1) is 11.3 Å². The van der Waals surface area contributed by atoms with Crippen molar-refractivity contribution < 1.29 is 29.0 Å². The Morgan fingerprint density at radius 2 is 1.67 bits per heavy atom. The standard InChI is InChI=1S/C34H45N5O6/c1-20(2)28-30(41)36-22(4)31(42)39-18-6-7-26(38-39)29(40)35-21(3)25-11-10-24-9-8-23(19-27(24)37-25)12-13-34(32(43)45-28)16-14-33(5,44)15-17-34/h8-13,19-22,26,28,38,44H,6-7,14-18H2,1-5H3,(H,35,40)(H,36,41)/b13-12+/t21-,22+,26+,28+,33?,34?/m1/s1. The summed E-state index contributed by atoms with van der Waals surface area (Å²) < 4.78 is 5.96. The number of aromatic nitrogens is 1. The number of nitrogens with one attached hydrogen (secondary N) is 3. The summed E-state index contributed by atoms with van der Waals surface area (Å²) in [5, 5.41) is 18.8. The minimum absolute atomic E-state index is 0.246. The van der Waals surface area contributed by atoms with E-state index in [-0.39, 0.29) is 17.9 Å². The van der Waals surface area contributed by atoms with Gasteiger partial charge in [0.05, 0.1) is 28.3 Å². The number of pyridine rings is 1. The molecule has 2 aromatic rings. The summed E-state index contributed by atoms with van der Waals surface area (Å²) in [6.45, 7) is 9.16. The average molecular weight is 620 g/mol. The molecule has 4 atom stereocenters. The lowest BCUT2D eigenvalue weighted by atomic mass is 9.68. The van der Waals surface area contributed by atoms with Gasteiger partial charge in [-0.3, -0.25) is 29.2 Å². The fourth-order valence-electron chi connectivity index (χ4n) is 6.26. The number of amides is 3. The molecule has 4 N–H and O–H groups in total. The lowest BCUT2D eigenvalue weighted by Crippen LogP contribution is -2.61. The summed E-state index contributed by atoms with van der Waals surface area (Å²) in [6, 6.07) is 7.74. The van der Waals surface area contributed by atoms with Crippen LogP contribution in [0.25, 0.3) is 17.0 Å². The van der Waals surface area contributed by atoms with Crippen LogP contribution in [-0.4, -0.2) is 69.1 Å². The van der Waals surface area contributed by atoms with E-state index in [0.29, 0.717) is 50.8 Å². The number of hydrazine groups is 1. The van der Waals surface area contributed by atoms with Crippen molar-refractivity contribution in [3.8, 4) is 0 Å². The molecule has 3 amide bonds. The molecule has 1 aliphatic carbocycles. The number of hydrogen-bond acceptors (Lipinski definition) is 8. The molecule has 3 aliphatic rings. The number of benzene rings is 1. The minimum atomic E-state index is -1.13. The highest BCUT2D eigenvalue weighted by Crippen LogP contribution is 2.44. The normalized spacial score (nSPS) is 32.7. The Bertz CT molecular complexity index is 1490. The molecular formula is C34H45N5O6. The van der Waals surface area contributed by atoms with Gasteiger partial charge in [-0.2, -0.15) is 0 Å². The SMILES string of the molecule is CC(C)[C@@H]1OC(=O)C2(/C=C/c3ccc4ccc(nc4c3)[C@@H](C)NC(=O)[C@@H]3CCCN(N3)C(=O)[C@H](C)NC1=O)CCC(C)(O)CC2. The average Bonchev–Trinajstić information content (AvgIpc) is 3.01. The van der Waals surface area contributed by atoms with Crippen molar-refractivity contribution >= 4 is 40.7 Å². The highest BCUT2D eigenvalue weighted by molar-refractivity contribution is 5.92. The fourth-order valence-corrected chi connectivity index (χ4v) is 6.26. The third-order valence-electron chi connectivity index (χ3n) is 9.36. The van der Waals surface area contributed by atoms with Crippen LogP contribution in [0.4, 0.5) is 0 Å². The number of nitrogens with zero attached hydrogens (tertiary/aromatic N) is 2. The van der Waals surface area contributed by atoms with E-state index in [1.807, 2.05) is 49.4 Å². The van der Waals surface area contributed by atoms with Gasteiger partial charge in [-0.1, -0.05) is 44.2 Å². The van der Waals surface area contributed by atoms with Gasteiger partial charge in [0.15, 0.2) is 6.10 Å². The second-order valence-corrected chi connectivity index (χ2v) is 13.5. The van der Waals surface area contributed by atoms with Gasteiger partial charge < -0.3 is 20.5 Å². The predicted molar refractivity (Wildman–Crippen MR) is 169 cm³/mol. The zero-order chi connectivity index (χ0) is 32.5. The van der Waals surface area contributed by atoms with Crippen LogP contribution < -0.4 is 16.1 Å². The zero-order valence-corrected chi connectivity index (χ0v) is 26.8. The van der Waals surface area contributed by atoms with Crippen LogP contribution in [0.1, 0.15) is 90.4 Å². The van der Waals surface area contributed by atoms with E-state index in [1.54, 1.807) is 27.7 Å². The molecule has 5 rings (SSSR count). The number of fused-ring (bicyclic) bond motifs is 4. The summed E-state index contributed by atoms with van der Waals surface area (Å²) in [5.74, 6) is -2.11. The largest absolute Gasteiger partial charge is 0.451 e. The van der Waals surface area contributed by atoms with E-state index in [0.717, 1.165) is 16.5 Å². The smallest absolute Gasteiger partial charge is 0.316 e. The van der Waals surface area contributed by atoms with Crippen LogP contribution in [0.2, 0.25) is 0 Å². The highest BCUT2D eigenvalue weighted by Gasteiger charge is 2.46. The summed E-state index contributed by atoms with van der Waals surface area (Å²) in [7, 11) is 0. The van der Waals surface area contributed by atoms with Crippen molar-refractivity contribution in [1.82, 2.24) is 26.1 Å². The number of rotatable bonds is 1. The summed E-state index contributed by atoms with van der Waals surface area (Å²) in [6.07, 6.45) is 5.22. The Morgan fingerprint density at radius 3 is 2.38 bits per heavy atom. The summed E-state index contributed by atoms with van der Waals surface area (Å²) in [5.41, 5.74) is 3.34. The Kier molecular flexibility index (Phi) is 9.32. The molecule has 0 radical (unpaired) electrons. The molecule has 5 bridgehead atoms. The van der Waals surface area contributed by atoms with Crippen LogP contribution in [0.3, 0.4) is 0 Å². The number of carbonyl (C=O) groups excluding carboxylic acids is 4. The number of ether oxygens (including phenoxy) is 1. The van der Waals surface area contributed by atoms with Gasteiger partial charge in [0.2, 0.25) is 5.91 Å². The maximum atomic E-state index is 14.0. The second kappa shape index (κ2) is 12.9. The first kappa shape index (κ1) is 32.6. The molecule has 3 heterocycles. The molecule has 0 unspecified atom stereocenters. The maximum absolute atomic E-state index is 14.0. The van der Waals surface area contributed by atoms with Crippen molar-refractivity contribution in [2.45, 2.75) is 103 Å². The molecule has 242 valence electrons. The number of esters is 1. The number of cyclic esters (lactones) is 1. The Labute approximate surface area is 264 Å². The van der Waals surface area contributed by atoms with E-state index in [9.17, 15) is 24.3 Å². The van der Waals surface area contributed by atoms with E-state index in [1.165, 1.54) is 5.01 Å². The first-order valence-electron chi connectivity index (χ1n) is 16.0. The maximum Gasteiger partial charge on any atom is 0.316 e. The topological polar surface area (TPSA) is 150 Å². The molecule has 2 aliphatic heterocycles. The number of carbonyl (C=O) groups is 4. The van der Waals surface area contributed by atoms with Gasteiger partial charge in [0.1, 0.15) is 12.1 Å². The molecule has 1 saturated heterocycles. The van der Waals surface area contributed by atoms with Crippen LogP contribution >= 0.6 is 0 Å². The summed E-state index contributed by atoms with van der Waals surface area (Å²) in [4.78, 5) is 58.9. The van der Waals surface area contributed by atoms with Gasteiger partial charge >= 0.3 is 5.97 Å². The predicted octanol–water partition coefficient (Wildman–Crippen LogP) is 3.32. The lowest BCUT2D eigenvalue weighted by molar-refractivity contribution is -0.170. The molecule has 45 heavy (non-hydrogen) atoms.